The number of nitrogens with zero attached hydrogens (tertiary/aromatic N) is 4. The van der Waals surface area contributed by atoms with Crippen LogP contribution in [-0.4, -0.2) is 49.1 Å². The third kappa shape index (κ3) is 6.01. The first-order chi connectivity index (χ1) is 15.8. The predicted octanol–water partition coefficient (Wildman–Crippen LogP) is 3.53. The zero-order valence-electron chi connectivity index (χ0n) is 19.1. The summed E-state index contributed by atoms with van der Waals surface area (Å²) in [6.45, 7) is 1.81. The van der Waals surface area contributed by atoms with Gasteiger partial charge >= 0.3 is 0 Å². The van der Waals surface area contributed by atoms with Gasteiger partial charge in [0.1, 0.15) is 11.0 Å². The van der Waals surface area contributed by atoms with Gasteiger partial charge in [0.15, 0.2) is 5.17 Å². The molecule has 1 atom stereocenters. The number of thioether (sulfide) groups is 1. The van der Waals surface area contributed by atoms with Crippen LogP contribution < -0.4 is 20.3 Å². The Bertz CT molecular complexity index is 1110. The molecule has 2 N–H and O–H groups in total. The second-order valence-corrected chi connectivity index (χ2v) is 8.77. The van der Waals surface area contributed by atoms with Gasteiger partial charge in [-0.3, -0.25) is 9.59 Å². The molecule has 2 amide bonds. The van der Waals surface area contributed by atoms with Crippen LogP contribution in [0.25, 0.3) is 6.08 Å². The minimum absolute atomic E-state index is 0.0311. The molecule has 1 saturated heterocycles. The predicted molar refractivity (Wildman–Crippen MR) is 136 cm³/mol. The van der Waals surface area contributed by atoms with Crippen LogP contribution >= 0.6 is 11.8 Å². The fourth-order valence-electron chi connectivity index (χ4n) is 3.19. The Kier molecular flexibility index (Phi) is 7.89. The summed E-state index contributed by atoms with van der Waals surface area (Å²) in [4.78, 5) is 28.5. The Morgan fingerprint density at radius 2 is 1.85 bits per heavy atom. The molecule has 1 aliphatic heterocycles. The van der Waals surface area contributed by atoms with Gasteiger partial charge in [-0.15, -0.1) is 5.10 Å². The summed E-state index contributed by atoms with van der Waals surface area (Å²) in [5.41, 5.74) is 9.20. The first-order valence-electron chi connectivity index (χ1n) is 10.3. The number of rotatable bonds is 7. The molecule has 0 aliphatic carbocycles. The Morgan fingerprint density at radius 3 is 2.52 bits per heavy atom. The number of methoxy groups -OCH3 is 1. The van der Waals surface area contributed by atoms with E-state index in [0.29, 0.717) is 17.1 Å². The zero-order valence-corrected chi connectivity index (χ0v) is 19.9. The maximum absolute atomic E-state index is 12.9. The number of nitrogens with two attached hydrogens (primary N) is 1. The molecule has 1 aliphatic rings. The lowest BCUT2D eigenvalue weighted by atomic mass is 10.2. The third-order valence-electron chi connectivity index (χ3n) is 4.93. The van der Waals surface area contributed by atoms with E-state index in [-0.39, 0.29) is 23.4 Å². The molecule has 0 bridgehead atoms. The summed E-state index contributed by atoms with van der Waals surface area (Å²) in [5, 5.41) is 7.58. The number of para-hydroxylation sites is 2. The van der Waals surface area contributed by atoms with Gasteiger partial charge in [0, 0.05) is 26.2 Å². The molecule has 8 nitrogen and oxygen atoms in total. The summed E-state index contributed by atoms with van der Waals surface area (Å²) in [6.07, 6.45) is 3.80. The molecular weight excluding hydrogens is 438 g/mol. The largest absolute Gasteiger partial charge is 0.495 e. The number of hydrogen-bond donors (Lipinski definition) is 1. The van der Waals surface area contributed by atoms with Crippen molar-refractivity contribution in [1.82, 2.24) is 0 Å². The average molecular weight is 466 g/mol. The Labute approximate surface area is 197 Å². The van der Waals surface area contributed by atoms with E-state index in [0.717, 1.165) is 27.9 Å². The van der Waals surface area contributed by atoms with Crippen LogP contribution in [0, 0.1) is 0 Å². The number of allylic oxidation sites excluding steroid dienone is 1. The van der Waals surface area contributed by atoms with E-state index in [1.165, 1.54) is 7.11 Å². The minimum atomic E-state index is -0.660. The molecule has 172 valence electrons. The first kappa shape index (κ1) is 24.1. The van der Waals surface area contributed by atoms with Crippen molar-refractivity contribution < 1.29 is 14.3 Å². The van der Waals surface area contributed by atoms with Crippen LogP contribution in [0.3, 0.4) is 0 Å². The van der Waals surface area contributed by atoms with Crippen LogP contribution in [0.5, 0.6) is 5.75 Å². The zero-order chi connectivity index (χ0) is 24.0. The molecule has 1 unspecified atom stereocenters. The molecule has 0 aromatic heterocycles. The molecule has 1 heterocycles. The van der Waals surface area contributed by atoms with E-state index in [1.807, 2.05) is 55.4 Å². The maximum atomic E-state index is 12.9. The highest BCUT2D eigenvalue weighted by molar-refractivity contribution is 8.14. The number of imide groups is 1. The smallest absolute Gasteiger partial charge is 0.248 e. The summed E-state index contributed by atoms with van der Waals surface area (Å²) in [5.74, 6) is -0.207. The molecule has 1 fully saturated rings. The topological polar surface area (TPSA) is 101 Å². The van der Waals surface area contributed by atoms with Gasteiger partial charge in [-0.05, 0) is 42.8 Å². The van der Waals surface area contributed by atoms with Crippen molar-refractivity contribution in [2.24, 2.45) is 15.9 Å². The van der Waals surface area contributed by atoms with Crippen molar-refractivity contribution in [1.29, 1.82) is 0 Å². The van der Waals surface area contributed by atoms with Gasteiger partial charge in [0.05, 0.1) is 18.5 Å². The second kappa shape index (κ2) is 10.8. The van der Waals surface area contributed by atoms with Gasteiger partial charge in [0.2, 0.25) is 11.8 Å². The Morgan fingerprint density at radius 1 is 1.15 bits per heavy atom. The standard InChI is InChI=1S/C24H27N5O3S/c1-16(9-10-17-11-13-18(14-12-17)28(2)3)26-27-24(25)33-21-15-22(30)29(23(21)31)19-7-5-6-8-20(19)32-4/h5-14,21H,15H2,1-4H3,(H2,25,27)/b10-9+,26-16-. The van der Waals surface area contributed by atoms with Crippen LogP contribution in [0.15, 0.2) is 64.8 Å². The third-order valence-corrected chi connectivity index (χ3v) is 5.90. The van der Waals surface area contributed by atoms with E-state index in [4.69, 9.17) is 10.5 Å². The number of ether oxygens (including phenoxy) is 1. The minimum Gasteiger partial charge on any atom is -0.495 e. The highest BCUT2D eigenvalue weighted by Crippen LogP contribution is 2.35. The van der Waals surface area contributed by atoms with E-state index in [1.54, 1.807) is 31.2 Å². The van der Waals surface area contributed by atoms with Crippen LogP contribution in [0.2, 0.25) is 0 Å². The maximum Gasteiger partial charge on any atom is 0.248 e. The summed E-state index contributed by atoms with van der Waals surface area (Å²) >= 11 is 1.03. The summed E-state index contributed by atoms with van der Waals surface area (Å²) in [7, 11) is 5.48. The number of amides is 2. The number of carbonyl (C=O) groups excluding carboxylic acids is 2. The molecule has 0 saturated carbocycles. The number of carbonyl (C=O) groups is 2. The van der Waals surface area contributed by atoms with Crippen molar-refractivity contribution in [3.05, 3.63) is 60.2 Å². The molecule has 3 rings (SSSR count). The number of hydrogen-bond acceptors (Lipinski definition) is 7. The normalized spacial score (nSPS) is 17.2. The van der Waals surface area contributed by atoms with E-state index < -0.39 is 5.25 Å². The van der Waals surface area contributed by atoms with Crippen molar-refractivity contribution in [2.75, 3.05) is 31.0 Å². The number of benzene rings is 2. The monoisotopic (exact) mass is 465 g/mol. The van der Waals surface area contributed by atoms with E-state index in [9.17, 15) is 9.59 Å². The molecule has 0 spiro atoms. The molecule has 0 radical (unpaired) electrons. The number of anilines is 2. The van der Waals surface area contributed by atoms with Crippen molar-refractivity contribution in [2.45, 2.75) is 18.6 Å². The average Bonchev–Trinajstić information content (AvgIpc) is 3.08. The van der Waals surface area contributed by atoms with Crippen molar-refractivity contribution in [3.8, 4) is 5.75 Å². The lowest BCUT2D eigenvalue weighted by Crippen LogP contribution is -2.32. The molecular formula is C24H27N5O3S. The van der Waals surface area contributed by atoms with Gasteiger partial charge in [-0.25, -0.2) is 4.90 Å². The van der Waals surface area contributed by atoms with Crippen LogP contribution in [0.1, 0.15) is 18.9 Å². The van der Waals surface area contributed by atoms with Crippen LogP contribution in [-0.2, 0) is 9.59 Å². The van der Waals surface area contributed by atoms with Crippen molar-refractivity contribution >= 4 is 51.9 Å². The lowest BCUT2D eigenvalue weighted by Gasteiger charge is -2.17. The number of amidine groups is 1. The van der Waals surface area contributed by atoms with Gasteiger partial charge in [-0.2, -0.15) is 5.10 Å². The lowest BCUT2D eigenvalue weighted by molar-refractivity contribution is -0.121. The Hall–Kier alpha value is -3.59. The summed E-state index contributed by atoms with van der Waals surface area (Å²) in [6, 6.07) is 15.0. The highest BCUT2D eigenvalue weighted by atomic mass is 32.2. The first-order valence-corrected chi connectivity index (χ1v) is 11.2. The Balaban J connectivity index is 1.63. The fraction of sp³-hybridized carbons (Fsp3) is 0.250. The molecule has 2 aromatic rings. The molecule has 33 heavy (non-hydrogen) atoms. The molecule has 9 heteroatoms. The van der Waals surface area contributed by atoms with Gasteiger partial charge < -0.3 is 15.4 Å². The van der Waals surface area contributed by atoms with Crippen molar-refractivity contribution in [3.63, 3.8) is 0 Å². The van der Waals surface area contributed by atoms with Gasteiger partial charge in [0.25, 0.3) is 0 Å². The quantitative estimate of drug-likeness (QED) is 0.291. The second-order valence-electron chi connectivity index (χ2n) is 7.55. The van der Waals surface area contributed by atoms with E-state index >= 15 is 0 Å². The molecule has 2 aromatic carbocycles. The van der Waals surface area contributed by atoms with Gasteiger partial charge in [-0.1, -0.05) is 42.1 Å². The fourth-order valence-corrected chi connectivity index (χ4v) is 4.01. The summed E-state index contributed by atoms with van der Waals surface area (Å²) < 4.78 is 5.28. The SMILES string of the molecule is COc1ccccc1N1C(=O)CC(SC(N)=N/N=C(C)\C=C\c2ccc(N(C)C)cc2)C1=O. The highest BCUT2D eigenvalue weighted by Gasteiger charge is 2.41. The van der Waals surface area contributed by atoms with E-state index in [2.05, 4.69) is 10.2 Å². The van der Waals surface area contributed by atoms with Crippen LogP contribution in [0.4, 0.5) is 11.4 Å².